The van der Waals surface area contributed by atoms with E-state index in [-0.39, 0.29) is 0 Å². The molecule has 1 heterocycles. The normalized spacial score (nSPS) is 16.2. The van der Waals surface area contributed by atoms with Gasteiger partial charge in [-0.1, -0.05) is 0 Å². The highest BCUT2D eigenvalue weighted by Gasteiger charge is 2.02. The molecular formula is C5H6N2O2S. The molecule has 1 aliphatic rings. The van der Waals surface area contributed by atoms with E-state index in [4.69, 9.17) is 5.11 Å². The van der Waals surface area contributed by atoms with Crippen molar-refractivity contribution in [3.63, 3.8) is 0 Å². The fourth-order valence-corrected chi connectivity index (χ4v) is 1.14. The molecule has 0 atom stereocenters. The number of amides is 1. The van der Waals surface area contributed by atoms with Crippen LogP contribution in [0.5, 0.6) is 0 Å². The van der Waals surface area contributed by atoms with Crippen LogP contribution < -0.4 is 5.32 Å². The standard InChI is InChI=1S/C5H6N2O2S/c8-5(9)7-4-3-6-1-2-10-4/h1,3,7H,2H2,(H,8,9). The molecule has 0 aromatic rings. The maximum absolute atomic E-state index is 10.1. The van der Waals surface area contributed by atoms with Crippen LogP contribution in [0.3, 0.4) is 0 Å². The number of thioether (sulfide) groups is 1. The van der Waals surface area contributed by atoms with Crippen LogP contribution in [0.1, 0.15) is 0 Å². The van der Waals surface area contributed by atoms with E-state index < -0.39 is 6.09 Å². The molecule has 0 aromatic heterocycles. The van der Waals surface area contributed by atoms with E-state index in [1.807, 2.05) is 0 Å². The van der Waals surface area contributed by atoms with Crippen molar-refractivity contribution in [1.82, 2.24) is 5.32 Å². The van der Waals surface area contributed by atoms with E-state index in [1.165, 1.54) is 18.0 Å². The topological polar surface area (TPSA) is 61.7 Å². The van der Waals surface area contributed by atoms with E-state index in [1.54, 1.807) is 6.21 Å². The van der Waals surface area contributed by atoms with Gasteiger partial charge in [-0.15, -0.1) is 11.8 Å². The van der Waals surface area contributed by atoms with Crippen molar-refractivity contribution >= 4 is 24.1 Å². The molecule has 2 N–H and O–H groups in total. The summed E-state index contributed by atoms with van der Waals surface area (Å²) in [5.74, 6) is 0.728. The van der Waals surface area contributed by atoms with Crippen LogP contribution >= 0.6 is 11.8 Å². The van der Waals surface area contributed by atoms with Gasteiger partial charge in [0.1, 0.15) is 0 Å². The van der Waals surface area contributed by atoms with Crippen LogP contribution in [0.25, 0.3) is 0 Å². The summed E-state index contributed by atoms with van der Waals surface area (Å²) < 4.78 is 0. The molecule has 1 aliphatic heterocycles. The summed E-state index contributed by atoms with van der Waals surface area (Å²) in [6, 6.07) is 0. The number of hydrogen-bond acceptors (Lipinski definition) is 3. The highest BCUT2D eigenvalue weighted by molar-refractivity contribution is 8.03. The number of carbonyl (C=O) groups is 1. The van der Waals surface area contributed by atoms with Gasteiger partial charge in [0.25, 0.3) is 0 Å². The van der Waals surface area contributed by atoms with E-state index in [0.717, 1.165) is 5.75 Å². The average molecular weight is 158 g/mol. The van der Waals surface area contributed by atoms with Crippen LogP contribution in [0.15, 0.2) is 16.2 Å². The summed E-state index contributed by atoms with van der Waals surface area (Å²) in [5, 5.41) is 11.0. The molecule has 0 unspecified atom stereocenters. The smallest absolute Gasteiger partial charge is 0.409 e. The quantitative estimate of drug-likeness (QED) is 0.595. The van der Waals surface area contributed by atoms with Crippen molar-refractivity contribution < 1.29 is 9.90 Å². The van der Waals surface area contributed by atoms with Crippen LogP contribution in [-0.2, 0) is 0 Å². The molecule has 54 valence electrons. The van der Waals surface area contributed by atoms with Crippen LogP contribution in [0, 0.1) is 0 Å². The minimum absolute atomic E-state index is 0.579. The van der Waals surface area contributed by atoms with E-state index in [2.05, 4.69) is 10.3 Å². The first-order valence-electron chi connectivity index (χ1n) is 2.63. The van der Waals surface area contributed by atoms with Gasteiger partial charge >= 0.3 is 6.09 Å². The van der Waals surface area contributed by atoms with Gasteiger partial charge in [-0.05, 0) is 0 Å². The Morgan fingerprint density at radius 3 is 3.20 bits per heavy atom. The third kappa shape index (κ3) is 2.10. The summed E-state index contributed by atoms with van der Waals surface area (Å²) in [5.41, 5.74) is 0. The largest absolute Gasteiger partial charge is 0.465 e. The summed E-state index contributed by atoms with van der Waals surface area (Å²) in [6.45, 7) is 0. The number of nitrogens with zero attached hydrogens (tertiary/aromatic N) is 1. The Kier molecular flexibility index (Phi) is 2.33. The van der Waals surface area contributed by atoms with Crippen LogP contribution in [0.2, 0.25) is 0 Å². The number of carboxylic acid groups (broad SMARTS) is 1. The fourth-order valence-electron chi connectivity index (χ4n) is 0.502. The molecule has 0 bridgehead atoms. The molecule has 0 saturated heterocycles. The van der Waals surface area contributed by atoms with Crippen molar-refractivity contribution in [1.29, 1.82) is 0 Å². The lowest BCUT2D eigenvalue weighted by molar-refractivity contribution is 0.198. The minimum Gasteiger partial charge on any atom is -0.465 e. The van der Waals surface area contributed by atoms with Gasteiger partial charge in [0.05, 0.1) is 11.2 Å². The van der Waals surface area contributed by atoms with E-state index >= 15 is 0 Å². The third-order valence-corrected chi connectivity index (χ3v) is 1.67. The number of hydrogen-bond donors (Lipinski definition) is 2. The van der Waals surface area contributed by atoms with Crippen molar-refractivity contribution in [2.45, 2.75) is 0 Å². The molecule has 10 heavy (non-hydrogen) atoms. The molecule has 0 spiro atoms. The summed E-state index contributed by atoms with van der Waals surface area (Å²) in [7, 11) is 0. The predicted octanol–water partition coefficient (Wildman–Crippen LogP) is 0.870. The lowest BCUT2D eigenvalue weighted by atomic mass is 10.8. The Morgan fingerprint density at radius 2 is 2.70 bits per heavy atom. The van der Waals surface area contributed by atoms with Gasteiger partial charge in [-0.3, -0.25) is 10.3 Å². The summed E-state index contributed by atoms with van der Waals surface area (Å²) in [6.07, 6.45) is 2.16. The lowest BCUT2D eigenvalue weighted by Gasteiger charge is -2.05. The average Bonchev–Trinajstić information content (AvgIpc) is 1.88. The molecule has 1 rings (SSSR count). The maximum atomic E-state index is 10.1. The monoisotopic (exact) mass is 158 g/mol. The predicted molar refractivity (Wildman–Crippen MR) is 40.2 cm³/mol. The van der Waals surface area contributed by atoms with Gasteiger partial charge in [0.2, 0.25) is 0 Å². The van der Waals surface area contributed by atoms with Gasteiger partial charge in [0, 0.05) is 12.0 Å². The molecule has 0 fully saturated rings. The SMILES string of the molecule is O=C(O)NC1=CN=CCS1. The first-order valence-corrected chi connectivity index (χ1v) is 3.62. The summed E-state index contributed by atoms with van der Waals surface area (Å²) in [4.78, 5) is 13.8. The molecule has 4 nitrogen and oxygen atoms in total. The Labute approximate surface area is 62.0 Å². The highest BCUT2D eigenvalue weighted by atomic mass is 32.2. The van der Waals surface area contributed by atoms with Gasteiger partial charge in [-0.2, -0.15) is 0 Å². The highest BCUT2D eigenvalue weighted by Crippen LogP contribution is 2.13. The Balaban J connectivity index is 2.47. The van der Waals surface area contributed by atoms with Crippen molar-refractivity contribution in [2.75, 3.05) is 5.75 Å². The van der Waals surface area contributed by atoms with Gasteiger partial charge < -0.3 is 5.11 Å². The molecule has 0 aromatic carbocycles. The van der Waals surface area contributed by atoms with E-state index in [9.17, 15) is 4.79 Å². The van der Waals surface area contributed by atoms with Gasteiger partial charge in [-0.25, -0.2) is 4.79 Å². The van der Waals surface area contributed by atoms with Gasteiger partial charge in [0.15, 0.2) is 0 Å². The second-order valence-electron chi connectivity index (χ2n) is 1.57. The molecular weight excluding hydrogens is 152 g/mol. The number of nitrogens with one attached hydrogen (secondary N) is 1. The van der Waals surface area contributed by atoms with Crippen molar-refractivity contribution in [3.8, 4) is 0 Å². The Bertz CT molecular complexity index is 200. The molecule has 1 amide bonds. The second-order valence-corrected chi connectivity index (χ2v) is 2.63. The zero-order chi connectivity index (χ0) is 7.40. The zero-order valence-corrected chi connectivity index (χ0v) is 5.89. The molecule has 0 aliphatic carbocycles. The molecule has 0 radical (unpaired) electrons. The number of rotatable bonds is 1. The molecule has 5 heteroatoms. The zero-order valence-electron chi connectivity index (χ0n) is 5.07. The summed E-state index contributed by atoms with van der Waals surface area (Å²) >= 11 is 1.41. The third-order valence-electron chi connectivity index (χ3n) is 0.841. The Hall–Kier alpha value is -0.970. The number of aliphatic imine (C=N–C) groups is 1. The second kappa shape index (κ2) is 3.26. The first-order chi connectivity index (χ1) is 4.79. The lowest BCUT2D eigenvalue weighted by Crippen LogP contribution is -2.19. The van der Waals surface area contributed by atoms with E-state index in [0.29, 0.717) is 5.03 Å². The van der Waals surface area contributed by atoms with Crippen LogP contribution in [0.4, 0.5) is 4.79 Å². The fraction of sp³-hybridized carbons (Fsp3) is 0.200. The van der Waals surface area contributed by atoms with Crippen molar-refractivity contribution in [2.24, 2.45) is 4.99 Å². The first kappa shape index (κ1) is 7.14. The van der Waals surface area contributed by atoms with Crippen LogP contribution in [-0.4, -0.2) is 23.2 Å². The van der Waals surface area contributed by atoms with Crippen molar-refractivity contribution in [3.05, 3.63) is 11.2 Å². The maximum Gasteiger partial charge on any atom is 0.409 e. The Morgan fingerprint density at radius 1 is 1.90 bits per heavy atom. The molecule has 0 saturated carbocycles. The minimum atomic E-state index is -1.05.